The number of aromatic nitrogens is 3. The molecule has 172 valence electrons. The van der Waals surface area contributed by atoms with Crippen molar-refractivity contribution in [2.45, 2.75) is 38.5 Å². The molecule has 0 saturated carbocycles. The van der Waals surface area contributed by atoms with E-state index in [0.29, 0.717) is 31.6 Å². The van der Waals surface area contributed by atoms with Gasteiger partial charge in [-0.05, 0) is 12.8 Å². The van der Waals surface area contributed by atoms with Crippen LogP contribution in [0.3, 0.4) is 0 Å². The second-order valence-corrected chi connectivity index (χ2v) is 7.88. The quantitative estimate of drug-likeness (QED) is 0.683. The Morgan fingerprint density at radius 1 is 1.28 bits per heavy atom. The third kappa shape index (κ3) is 4.49. The van der Waals surface area contributed by atoms with E-state index in [1.54, 1.807) is 15.8 Å². The van der Waals surface area contributed by atoms with E-state index in [4.69, 9.17) is 9.84 Å². The number of hydrogen-bond acceptors (Lipinski definition) is 7. The topological polar surface area (TPSA) is 113 Å². The fourth-order valence-electron chi connectivity index (χ4n) is 4.02. The van der Waals surface area contributed by atoms with E-state index in [9.17, 15) is 18.4 Å². The SMILES string of the molecule is CC(=O)NC[C@H]1CN(c2cc(F)c(N3CCC(n4cc(CO)nn4)CC3)c(F)c2)C(=O)O1. The summed E-state index contributed by atoms with van der Waals surface area (Å²) >= 11 is 0. The van der Waals surface area contributed by atoms with Crippen LogP contribution in [0, 0.1) is 11.6 Å². The van der Waals surface area contributed by atoms with E-state index < -0.39 is 23.8 Å². The highest BCUT2D eigenvalue weighted by Gasteiger charge is 2.34. The Labute approximate surface area is 182 Å². The van der Waals surface area contributed by atoms with Crippen molar-refractivity contribution in [3.8, 4) is 0 Å². The van der Waals surface area contributed by atoms with Crippen LogP contribution in [0.4, 0.5) is 25.0 Å². The molecular formula is C20H24F2N6O4. The van der Waals surface area contributed by atoms with Gasteiger partial charge in [-0.3, -0.25) is 9.69 Å². The van der Waals surface area contributed by atoms with Crippen LogP contribution >= 0.6 is 0 Å². The highest BCUT2D eigenvalue weighted by molar-refractivity contribution is 5.90. The molecule has 2 fully saturated rings. The summed E-state index contributed by atoms with van der Waals surface area (Å²) in [5, 5.41) is 19.5. The van der Waals surface area contributed by atoms with Crippen LogP contribution in [0.2, 0.25) is 0 Å². The number of anilines is 2. The lowest BCUT2D eigenvalue weighted by Crippen LogP contribution is -2.36. The van der Waals surface area contributed by atoms with Crippen molar-refractivity contribution in [2.75, 3.05) is 36.0 Å². The maximum absolute atomic E-state index is 14.9. The van der Waals surface area contributed by atoms with Crippen LogP contribution < -0.4 is 15.1 Å². The monoisotopic (exact) mass is 450 g/mol. The van der Waals surface area contributed by atoms with Crippen molar-refractivity contribution in [3.63, 3.8) is 0 Å². The maximum Gasteiger partial charge on any atom is 0.414 e. The summed E-state index contributed by atoms with van der Waals surface area (Å²) < 4.78 is 36.7. The van der Waals surface area contributed by atoms with Crippen LogP contribution in [-0.2, 0) is 16.1 Å². The Hall–Kier alpha value is -3.28. The van der Waals surface area contributed by atoms with Gasteiger partial charge in [-0.1, -0.05) is 5.21 Å². The number of aliphatic hydroxyl groups is 1. The van der Waals surface area contributed by atoms with Crippen molar-refractivity contribution in [3.05, 3.63) is 35.7 Å². The number of nitrogens with zero attached hydrogens (tertiary/aromatic N) is 5. The Morgan fingerprint density at radius 3 is 2.56 bits per heavy atom. The van der Waals surface area contributed by atoms with Crippen LogP contribution in [0.25, 0.3) is 0 Å². The first-order valence-electron chi connectivity index (χ1n) is 10.3. The molecule has 3 heterocycles. The first kappa shape index (κ1) is 21.9. The number of rotatable bonds is 6. The number of cyclic esters (lactones) is 1. The first-order chi connectivity index (χ1) is 15.4. The van der Waals surface area contributed by atoms with Crippen molar-refractivity contribution in [2.24, 2.45) is 0 Å². The number of ether oxygens (including phenoxy) is 1. The summed E-state index contributed by atoms with van der Waals surface area (Å²) in [6, 6.07) is 2.28. The molecular weight excluding hydrogens is 426 g/mol. The predicted octanol–water partition coefficient (Wildman–Crippen LogP) is 1.35. The summed E-state index contributed by atoms with van der Waals surface area (Å²) in [4.78, 5) is 26.0. The smallest absolute Gasteiger partial charge is 0.414 e. The van der Waals surface area contributed by atoms with Gasteiger partial charge in [0.2, 0.25) is 5.91 Å². The first-order valence-corrected chi connectivity index (χ1v) is 10.3. The molecule has 2 aliphatic heterocycles. The summed E-state index contributed by atoms with van der Waals surface area (Å²) in [6.45, 7) is 2.18. The normalized spacial score (nSPS) is 19.4. The molecule has 0 spiro atoms. The number of amides is 2. The Morgan fingerprint density at radius 2 is 1.97 bits per heavy atom. The molecule has 2 aromatic rings. The van der Waals surface area contributed by atoms with Crippen LogP contribution in [0.15, 0.2) is 18.3 Å². The molecule has 1 aromatic heterocycles. The molecule has 0 aliphatic carbocycles. The lowest BCUT2D eigenvalue weighted by molar-refractivity contribution is -0.119. The molecule has 32 heavy (non-hydrogen) atoms. The van der Waals surface area contributed by atoms with E-state index in [1.165, 1.54) is 6.92 Å². The van der Waals surface area contributed by atoms with Gasteiger partial charge in [-0.2, -0.15) is 0 Å². The van der Waals surface area contributed by atoms with Gasteiger partial charge >= 0.3 is 6.09 Å². The molecule has 1 aromatic carbocycles. The van der Waals surface area contributed by atoms with Crippen molar-refractivity contribution in [1.29, 1.82) is 0 Å². The lowest BCUT2D eigenvalue weighted by Gasteiger charge is -2.34. The average Bonchev–Trinajstić information content (AvgIpc) is 3.39. The average molecular weight is 450 g/mol. The number of piperidine rings is 1. The van der Waals surface area contributed by atoms with Gasteiger partial charge < -0.3 is 20.1 Å². The van der Waals surface area contributed by atoms with Crippen molar-refractivity contribution < 1.29 is 28.2 Å². The van der Waals surface area contributed by atoms with E-state index in [1.807, 2.05) is 0 Å². The highest BCUT2D eigenvalue weighted by atomic mass is 19.1. The highest BCUT2D eigenvalue weighted by Crippen LogP contribution is 2.34. The van der Waals surface area contributed by atoms with Crippen molar-refractivity contribution in [1.82, 2.24) is 20.3 Å². The summed E-state index contributed by atoms with van der Waals surface area (Å²) in [6.07, 6.45) is 1.57. The molecule has 2 N–H and O–H groups in total. The Balaban J connectivity index is 1.43. The van der Waals surface area contributed by atoms with Gasteiger partial charge in [0.05, 0.1) is 37.6 Å². The fraction of sp³-hybridized carbons (Fsp3) is 0.500. The zero-order chi connectivity index (χ0) is 22.8. The molecule has 0 radical (unpaired) electrons. The summed E-state index contributed by atoms with van der Waals surface area (Å²) in [5.74, 6) is -1.79. The summed E-state index contributed by atoms with van der Waals surface area (Å²) in [5.41, 5.74) is 0.400. The van der Waals surface area contributed by atoms with E-state index >= 15 is 0 Å². The minimum absolute atomic E-state index is 0.0318. The van der Waals surface area contributed by atoms with E-state index in [2.05, 4.69) is 15.6 Å². The number of carbonyl (C=O) groups is 2. The molecule has 10 nitrogen and oxygen atoms in total. The fourth-order valence-corrected chi connectivity index (χ4v) is 4.02. The maximum atomic E-state index is 14.9. The van der Waals surface area contributed by atoms with Gasteiger partial charge in [0, 0.05) is 32.1 Å². The third-order valence-electron chi connectivity index (χ3n) is 5.64. The number of nitrogens with one attached hydrogen (secondary N) is 1. The van der Waals surface area contributed by atoms with E-state index in [-0.39, 0.29) is 43.0 Å². The molecule has 2 amide bonds. The van der Waals surface area contributed by atoms with Gasteiger partial charge in [0.1, 0.15) is 17.5 Å². The molecule has 12 heteroatoms. The largest absolute Gasteiger partial charge is 0.442 e. The van der Waals surface area contributed by atoms with Gasteiger partial charge in [0.15, 0.2) is 11.6 Å². The van der Waals surface area contributed by atoms with Crippen LogP contribution in [-0.4, -0.2) is 64.4 Å². The van der Waals surface area contributed by atoms with Crippen LogP contribution in [0.1, 0.15) is 31.5 Å². The van der Waals surface area contributed by atoms with Gasteiger partial charge in [-0.15, -0.1) is 5.10 Å². The molecule has 2 aliphatic rings. The molecule has 4 rings (SSSR count). The zero-order valence-electron chi connectivity index (χ0n) is 17.5. The number of halogens is 2. The number of benzene rings is 1. The minimum Gasteiger partial charge on any atom is -0.442 e. The molecule has 0 unspecified atom stereocenters. The van der Waals surface area contributed by atoms with E-state index in [0.717, 1.165) is 17.0 Å². The number of aliphatic hydroxyl groups excluding tert-OH is 1. The number of hydrogen-bond donors (Lipinski definition) is 2. The van der Waals surface area contributed by atoms with Crippen molar-refractivity contribution >= 4 is 23.4 Å². The number of carbonyl (C=O) groups excluding carboxylic acids is 2. The Kier molecular flexibility index (Phi) is 6.21. The molecule has 0 bridgehead atoms. The standard InChI is InChI=1S/C20H24F2N6O4/c1-12(30)23-8-16-10-27(20(31)32-16)15-6-17(21)19(18(22)7-15)26-4-2-14(3-5-26)28-9-13(11-29)24-25-28/h6-7,9,14,16,29H,2-5,8,10-11H2,1H3,(H,23,30)/t16-/m0/s1. The predicted molar refractivity (Wildman–Crippen MR) is 109 cm³/mol. The minimum atomic E-state index is -0.764. The van der Waals surface area contributed by atoms with Gasteiger partial charge in [0.25, 0.3) is 0 Å². The zero-order valence-corrected chi connectivity index (χ0v) is 17.5. The van der Waals surface area contributed by atoms with Gasteiger partial charge in [-0.25, -0.2) is 18.3 Å². The molecule has 2 saturated heterocycles. The lowest BCUT2D eigenvalue weighted by atomic mass is 10.0. The molecule has 1 atom stereocenters. The van der Waals surface area contributed by atoms with Crippen LogP contribution in [0.5, 0.6) is 0 Å². The second-order valence-electron chi connectivity index (χ2n) is 7.88. The Bertz CT molecular complexity index is 985. The third-order valence-corrected chi connectivity index (χ3v) is 5.64. The summed E-state index contributed by atoms with van der Waals surface area (Å²) in [7, 11) is 0. The second kappa shape index (κ2) is 9.07.